The minimum absolute atomic E-state index is 0.0878. The third-order valence-corrected chi connectivity index (χ3v) is 4.84. The van der Waals surface area contributed by atoms with Crippen LogP contribution in [0.25, 0.3) is 6.08 Å². The molecular formula is C18H15NO5S. The van der Waals surface area contributed by atoms with Crippen LogP contribution in [-0.2, 0) is 19.8 Å². The standard InChI is InChI=1S/C18H15NO5S/c1-12-3-9-16(10-4-12)25(21,22)24-15-7-5-14(6-8-15)11-17-13(2)19-23-18(17)20/h3-11H,1-2H3/b17-11+. The van der Waals surface area contributed by atoms with Gasteiger partial charge < -0.3 is 9.02 Å². The molecule has 0 unspecified atom stereocenters. The molecule has 0 saturated heterocycles. The van der Waals surface area contributed by atoms with Gasteiger partial charge in [-0.3, -0.25) is 0 Å². The predicted molar refractivity (Wildman–Crippen MR) is 92.6 cm³/mol. The molecule has 0 saturated carbocycles. The van der Waals surface area contributed by atoms with Gasteiger partial charge in [0.15, 0.2) is 0 Å². The molecule has 1 heterocycles. The highest BCUT2D eigenvalue weighted by Crippen LogP contribution is 2.21. The Kier molecular flexibility index (Phi) is 4.41. The molecule has 2 aromatic rings. The maximum atomic E-state index is 12.3. The van der Waals surface area contributed by atoms with E-state index in [4.69, 9.17) is 4.18 Å². The van der Waals surface area contributed by atoms with Crippen LogP contribution in [0.1, 0.15) is 18.1 Å². The summed E-state index contributed by atoms with van der Waals surface area (Å²) in [5.74, 6) is -0.332. The predicted octanol–water partition coefficient (Wildman–Crippen LogP) is 3.08. The molecule has 0 atom stereocenters. The Morgan fingerprint density at radius 1 is 1.00 bits per heavy atom. The van der Waals surface area contributed by atoms with Crippen molar-refractivity contribution in [2.45, 2.75) is 18.7 Å². The molecule has 6 nitrogen and oxygen atoms in total. The molecule has 3 rings (SSSR count). The van der Waals surface area contributed by atoms with Crippen molar-refractivity contribution in [2.75, 3.05) is 0 Å². The Labute approximate surface area is 145 Å². The van der Waals surface area contributed by atoms with Crippen LogP contribution < -0.4 is 4.18 Å². The molecule has 0 N–H and O–H groups in total. The fourth-order valence-corrected chi connectivity index (χ4v) is 3.12. The molecule has 1 aliphatic heterocycles. The average Bonchev–Trinajstić information content (AvgIpc) is 2.89. The van der Waals surface area contributed by atoms with E-state index in [0.29, 0.717) is 16.8 Å². The molecule has 0 aromatic heterocycles. The minimum atomic E-state index is -3.89. The van der Waals surface area contributed by atoms with Gasteiger partial charge in [0, 0.05) is 0 Å². The lowest BCUT2D eigenvalue weighted by molar-refractivity contribution is -0.136. The number of hydrogen-bond acceptors (Lipinski definition) is 6. The summed E-state index contributed by atoms with van der Waals surface area (Å²) in [5, 5.41) is 3.60. The highest BCUT2D eigenvalue weighted by atomic mass is 32.2. The van der Waals surface area contributed by atoms with Gasteiger partial charge in [-0.2, -0.15) is 8.42 Å². The molecule has 0 bridgehead atoms. The van der Waals surface area contributed by atoms with Gasteiger partial charge in [-0.25, -0.2) is 4.79 Å². The number of oxime groups is 1. The quantitative estimate of drug-likeness (QED) is 0.477. The highest BCUT2D eigenvalue weighted by Gasteiger charge is 2.21. The molecular weight excluding hydrogens is 342 g/mol. The van der Waals surface area contributed by atoms with Gasteiger partial charge in [0.05, 0.1) is 11.3 Å². The van der Waals surface area contributed by atoms with E-state index in [1.165, 1.54) is 24.3 Å². The number of rotatable bonds is 4. The van der Waals surface area contributed by atoms with E-state index in [1.54, 1.807) is 37.3 Å². The molecule has 0 spiro atoms. The van der Waals surface area contributed by atoms with Crippen molar-refractivity contribution >= 4 is 27.9 Å². The van der Waals surface area contributed by atoms with Crippen molar-refractivity contribution in [1.82, 2.24) is 0 Å². The van der Waals surface area contributed by atoms with Gasteiger partial charge in [0.1, 0.15) is 10.6 Å². The van der Waals surface area contributed by atoms with Crippen LogP contribution in [0.15, 0.2) is 64.2 Å². The van der Waals surface area contributed by atoms with E-state index in [9.17, 15) is 13.2 Å². The van der Waals surface area contributed by atoms with E-state index in [-0.39, 0.29) is 10.6 Å². The molecule has 0 fully saturated rings. The fraction of sp³-hybridized carbons (Fsp3) is 0.111. The summed E-state index contributed by atoms with van der Waals surface area (Å²) in [6, 6.07) is 12.7. The van der Waals surface area contributed by atoms with Crippen molar-refractivity contribution in [2.24, 2.45) is 5.16 Å². The number of aryl methyl sites for hydroxylation is 1. The second kappa shape index (κ2) is 6.52. The van der Waals surface area contributed by atoms with Crippen LogP contribution in [0.4, 0.5) is 0 Å². The molecule has 25 heavy (non-hydrogen) atoms. The molecule has 2 aromatic carbocycles. The number of benzene rings is 2. The third-order valence-electron chi connectivity index (χ3n) is 3.58. The van der Waals surface area contributed by atoms with Gasteiger partial charge in [0.2, 0.25) is 0 Å². The summed E-state index contributed by atoms with van der Waals surface area (Å²) >= 11 is 0. The molecule has 0 radical (unpaired) electrons. The van der Waals surface area contributed by atoms with Gasteiger partial charge >= 0.3 is 16.1 Å². The van der Waals surface area contributed by atoms with E-state index >= 15 is 0 Å². The zero-order valence-corrected chi connectivity index (χ0v) is 14.4. The first-order valence-corrected chi connectivity index (χ1v) is 8.85. The summed E-state index contributed by atoms with van der Waals surface area (Å²) < 4.78 is 29.6. The topological polar surface area (TPSA) is 82.0 Å². The van der Waals surface area contributed by atoms with Gasteiger partial charge in [-0.1, -0.05) is 35.0 Å². The second-order valence-corrected chi connectivity index (χ2v) is 7.08. The van der Waals surface area contributed by atoms with Crippen molar-refractivity contribution < 1.29 is 22.2 Å². The lowest BCUT2D eigenvalue weighted by atomic mass is 10.1. The Balaban J connectivity index is 1.79. The first-order chi connectivity index (χ1) is 11.8. The van der Waals surface area contributed by atoms with Crippen LogP contribution in [0, 0.1) is 6.92 Å². The Bertz CT molecular complexity index is 971. The Morgan fingerprint density at radius 2 is 1.64 bits per heavy atom. The van der Waals surface area contributed by atoms with E-state index < -0.39 is 16.1 Å². The van der Waals surface area contributed by atoms with Crippen molar-refractivity contribution in [3.63, 3.8) is 0 Å². The summed E-state index contributed by atoms with van der Waals surface area (Å²) in [6.45, 7) is 3.54. The van der Waals surface area contributed by atoms with Crippen LogP contribution >= 0.6 is 0 Å². The largest absolute Gasteiger partial charge is 0.379 e. The Hall–Kier alpha value is -2.93. The molecule has 0 aliphatic carbocycles. The first-order valence-electron chi connectivity index (χ1n) is 7.44. The highest BCUT2D eigenvalue weighted by molar-refractivity contribution is 7.87. The average molecular weight is 357 g/mol. The molecule has 1 aliphatic rings. The van der Waals surface area contributed by atoms with Crippen molar-refractivity contribution in [3.05, 3.63) is 65.2 Å². The van der Waals surface area contributed by atoms with Crippen molar-refractivity contribution in [1.29, 1.82) is 0 Å². The van der Waals surface area contributed by atoms with Gasteiger partial charge in [-0.05, 0) is 49.8 Å². The molecule has 7 heteroatoms. The first kappa shape index (κ1) is 16.9. The van der Waals surface area contributed by atoms with Crippen LogP contribution in [0.5, 0.6) is 5.75 Å². The number of carbonyl (C=O) groups is 1. The zero-order valence-electron chi connectivity index (χ0n) is 13.6. The van der Waals surface area contributed by atoms with Crippen LogP contribution in [0.2, 0.25) is 0 Å². The third kappa shape index (κ3) is 3.77. The molecule has 128 valence electrons. The summed E-state index contributed by atoms with van der Waals surface area (Å²) in [6.07, 6.45) is 1.62. The fourth-order valence-electron chi connectivity index (χ4n) is 2.19. The smallest absolute Gasteiger partial charge is 0.367 e. The lowest BCUT2D eigenvalue weighted by Gasteiger charge is -2.07. The van der Waals surface area contributed by atoms with E-state index in [1.807, 2.05) is 6.92 Å². The van der Waals surface area contributed by atoms with Crippen LogP contribution in [-0.4, -0.2) is 20.1 Å². The normalized spacial score (nSPS) is 15.8. The monoisotopic (exact) mass is 357 g/mol. The Morgan fingerprint density at radius 3 is 2.20 bits per heavy atom. The van der Waals surface area contributed by atoms with E-state index in [0.717, 1.165) is 5.56 Å². The van der Waals surface area contributed by atoms with Gasteiger partial charge in [0.25, 0.3) is 0 Å². The maximum Gasteiger partial charge on any atom is 0.367 e. The summed E-state index contributed by atoms with van der Waals surface area (Å²) in [7, 11) is -3.89. The van der Waals surface area contributed by atoms with E-state index in [2.05, 4.69) is 9.99 Å². The summed E-state index contributed by atoms with van der Waals surface area (Å²) in [5.41, 5.74) is 2.51. The zero-order chi connectivity index (χ0) is 18.0. The second-order valence-electron chi connectivity index (χ2n) is 5.53. The number of carbonyl (C=O) groups excluding carboxylic acids is 1. The summed E-state index contributed by atoms with van der Waals surface area (Å²) in [4.78, 5) is 16.2. The van der Waals surface area contributed by atoms with Crippen LogP contribution in [0.3, 0.4) is 0 Å². The number of nitrogens with zero attached hydrogens (tertiary/aromatic N) is 1. The number of hydrogen-bond donors (Lipinski definition) is 0. The molecule has 0 amide bonds. The SMILES string of the molecule is CC1=NOC(=O)/C1=C/c1ccc(OS(=O)(=O)c2ccc(C)cc2)cc1. The van der Waals surface area contributed by atoms with Crippen molar-refractivity contribution in [3.8, 4) is 5.75 Å². The maximum absolute atomic E-state index is 12.3. The van der Waals surface area contributed by atoms with Gasteiger partial charge in [-0.15, -0.1) is 0 Å². The minimum Gasteiger partial charge on any atom is -0.379 e. The lowest BCUT2D eigenvalue weighted by Crippen LogP contribution is -2.09.